The Morgan fingerprint density at radius 2 is 2.03 bits per heavy atom. The number of hydrogen-bond acceptors (Lipinski definition) is 6. The van der Waals surface area contributed by atoms with E-state index >= 15 is 0 Å². The third kappa shape index (κ3) is 6.16. The zero-order valence-electron chi connectivity index (χ0n) is 16.5. The molecule has 29 heavy (non-hydrogen) atoms. The number of likely N-dealkylation sites (tertiary alicyclic amines) is 1. The van der Waals surface area contributed by atoms with E-state index in [-0.39, 0.29) is 30.3 Å². The molecular weight excluding hydrogens is 380 g/mol. The average molecular weight is 406 g/mol. The van der Waals surface area contributed by atoms with Gasteiger partial charge in [-0.05, 0) is 26.7 Å². The van der Waals surface area contributed by atoms with E-state index in [1.54, 1.807) is 19.9 Å². The Morgan fingerprint density at radius 1 is 1.34 bits per heavy atom. The smallest absolute Gasteiger partial charge is 0.314 e. The Kier molecular flexibility index (Phi) is 7.52. The van der Waals surface area contributed by atoms with Crippen LogP contribution in [0.4, 0.5) is 10.5 Å². The summed E-state index contributed by atoms with van der Waals surface area (Å²) in [6.45, 7) is 4.03. The molecule has 0 saturated carbocycles. The quantitative estimate of drug-likeness (QED) is 0.402. The van der Waals surface area contributed by atoms with Crippen molar-refractivity contribution in [1.82, 2.24) is 10.2 Å². The molecule has 0 bridgehead atoms. The number of benzene rings is 1. The minimum atomic E-state index is -0.931. The summed E-state index contributed by atoms with van der Waals surface area (Å²) >= 11 is 0. The largest absolute Gasteiger partial charge is 0.463 e. The van der Waals surface area contributed by atoms with Gasteiger partial charge in [-0.15, -0.1) is 0 Å². The molecular formula is C19H26N4O6. The molecule has 158 valence electrons. The van der Waals surface area contributed by atoms with E-state index in [0.717, 1.165) is 0 Å². The van der Waals surface area contributed by atoms with Gasteiger partial charge in [0, 0.05) is 19.2 Å². The second-order valence-electron chi connectivity index (χ2n) is 7.24. The van der Waals surface area contributed by atoms with Crippen LogP contribution in [0.15, 0.2) is 24.3 Å². The minimum Gasteiger partial charge on any atom is -0.463 e. The lowest BCUT2D eigenvalue weighted by atomic mass is 9.95. The lowest BCUT2D eigenvalue weighted by Gasteiger charge is -2.31. The lowest BCUT2D eigenvalue weighted by Crippen LogP contribution is -2.48. The molecule has 0 spiro atoms. The number of primary amides is 1. The van der Waals surface area contributed by atoms with Gasteiger partial charge in [0.25, 0.3) is 5.69 Å². The zero-order valence-corrected chi connectivity index (χ0v) is 16.5. The van der Waals surface area contributed by atoms with Crippen LogP contribution in [0.2, 0.25) is 0 Å². The number of hydrogen-bond donors (Lipinski definition) is 2. The van der Waals surface area contributed by atoms with Crippen LogP contribution in [-0.4, -0.2) is 46.9 Å². The summed E-state index contributed by atoms with van der Waals surface area (Å²) in [5, 5.41) is 14.2. The number of nitrogens with two attached hydrogens (primary N) is 1. The first-order valence-electron chi connectivity index (χ1n) is 9.46. The predicted octanol–water partition coefficient (Wildman–Crippen LogP) is 1.88. The summed E-state index contributed by atoms with van der Waals surface area (Å²) < 4.78 is 5.15. The summed E-state index contributed by atoms with van der Waals surface area (Å²) in [4.78, 5) is 48.7. The van der Waals surface area contributed by atoms with E-state index in [2.05, 4.69) is 5.32 Å². The van der Waals surface area contributed by atoms with E-state index in [1.807, 2.05) is 0 Å². The van der Waals surface area contributed by atoms with Crippen LogP contribution in [0.25, 0.3) is 0 Å². The highest BCUT2D eigenvalue weighted by molar-refractivity contribution is 5.82. The second-order valence-corrected chi connectivity index (χ2v) is 7.24. The van der Waals surface area contributed by atoms with Crippen molar-refractivity contribution in [3.05, 3.63) is 39.9 Å². The minimum absolute atomic E-state index is 0.168. The summed E-state index contributed by atoms with van der Waals surface area (Å²) in [6.07, 6.45) is 0.565. The van der Waals surface area contributed by atoms with Crippen molar-refractivity contribution < 1.29 is 24.0 Å². The SMILES string of the molecule is CC(C)OC(=O)C[C@H](NC(=O)[C@@H]1CCCN(C(N)=O)C1)c1ccccc1[N+](=O)[O-]. The molecule has 10 heteroatoms. The van der Waals surface area contributed by atoms with Gasteiger partial charge in [-0.2, -0.15) is 0 Å². The molecule has 10 nitrogen and oxygen atoms in total. The number of piperidine rings is 1. The van der Waals surface area contributed by atoms with Gasteiger partial charge in [-0.25, -0.2) is 4.79 Å². The first kappa shape index (κ1) is 22.1. The van der Waals surface area contributed by atoms with Crippen LogP contribution in [-0.2, 0) is 14.3 Å². The van der Waals surface area contributed by atoms with Gasteiger partial charge < -0.3 is 20.7 Å². The summed E-state index contributed by atoms with van der Waals surface area (Å²) in [7, 11) is 0. The number of amides is 3. The Hall–Kier alpha value is -3.17. The van der Waals surface area contributed by atoms with Crippen molar-refractivity contribution in [2.24, 2.45) is 11.7 Å². The third-order valence-electron chi connectivity index (χ3n) is 4.67. The molecule has 0 radical (unpaired) electrons. The van der Waals surface area contributed by atoms with Crippen molar-refractivity contribution in [2.75, 3.05) is 13.1 Å². The number of urea groups is 1. The van der Waals surface area contributed by atoms with Crippen molar-refractivity contribution in [1.29, 1.82) is 0 Å². The normalized spacial score (nSPS) is 17.5. The van der Waals surface area contributed by atoms with Gasteiger partial charge >= 0.3 is 12.0 Å². The van der Waals surface area contributed by atoms with E-state index in [9.17, 15) is 24.5 Å². The number of carbonyl (C=O) groups excluding carboxylic acids is 3. The third-order valence-corrected chi connectivity index (χ3v) is 4.67. The van der Waals surface area contributed by atoms with Crippen LogP contribution >= 0.6 is 0 Å². The molecule has 0 aliphatic carbocycles. The van der Waals surface area contributed by atoms with Crippen molar-refractivity contribution in [3.8, 4) is 0 Å². The molecule has 0 unspecified atom stereocenters. The molecule has 3 N–H and O–H groups in total. The predicted molar refractivity (Wildman–Crippen MR) is 104 cm³/mol. The number of rotatable bonds is 7. The molecule has 1 saturated heterocycles. The number of nitro groups is 1. The molecule has 0 aromatic heterocycles. The van der Waals surface area contributed by atoms with Gasteiger partial charge in [-0.1, -0.05) is 18.2 Å². The van der Waals surface area contributed by atoms with Gasteiger partial charge in [0.1, 0.15) is 0 Å². The van der Waals surface area contributed by atoms with Gasteiger partial charge in [0.15, 0.2) is 0 Å². The topological polar surface area (TPSA) is 145 Å². The Labute approximate surface area is 168 Å². The summed E-state index contributed by atoms with van der Waals surface area (Å²) in [5.41, 5.74) is 5.33. The van der Waals surface area contributed by atoms with Crippen molar-refractivity contribution >= 4 is 23.6 Å². The van der Waals surface area contributed by atoms with Gasteiger partial charge in [-0.3, -0.25) is 19.7 Å². The number of nitrogens with one attached hydrogen (secondary N) is 1. The van der Waals surface area contributed by atoms with E-state index < -0.39 is 34.8 Å². The first-order chi connectivity index (χ1) is 13.7. The lowest BCUT2D eigenvalue weighted by molar-refractivity contribution is -0.385. The molecule has 2 rings (SSSR count). The monoisotopic (exact) mass is 406 g/mol. The van der Waals surface area contributed by atoms with E-state index in [1.165, 1.54) is 23.1 Å². The number of para-hydroxylation sites is 1. The highest BCUT2D eigenvalue weighted by Crippen LogP contribution is 2.28. The first-order valence-corrected chi connectivity index (χ1v) is 9.46. The maximum atomic E-state index is 12.8. The highest BCUT2D eigenvalue weighted by atomic mass is 16.6. The Morgan fingerprint density at radius 3 is 2.66 bits per heavy atom. The zero-order chi connectivity index (χ0) is 21.6. The molecule has 1 aromatic rings. The molecule has 2 atom stereocenters. The number of esters is 1. The fraction of sp³-hybridized carbons (Fsp3) is 0.526. The summed E-state index contributed by atoms with van der Waals surface area (Å²) in [5.74, 6) is -1.48. The van der Waals surface area contributed by atoms with Crippen LogP contribution in [0.1, 0.15) is 44.7 Å². The second kappa shape index (κ2) is 9.85. The van der Waals surface area contributed by atoms with Gasteiger partial charge in [0.05, 0.1) is 35.0 Å². The highest BCUT2D eigenvalue weighted by Gasteiger charge is 2.32. The van der Waals surface area contributed by atoms with Crippen LogP contribution < -0.4 is 11.1 Å². The number of nitro benzene ring substituents is 1. The van der Waals surface area contributed by atoms with Crippen LogP contribution in [0.5, 0.6) is 0 Å². The van der Waals surface area contributed by atoms with Crippen molar-refractivity contribution in [2.45, 2.75) is 45.3 Å². The molecule has 1 fully saturated rings. The maximum Gasteiger partial charge on any atom is 0.314 e. The van der Waals surface area contributed by atoms with E-state index in [4.69, 9.17) is 10.5 Å². The molecule has 3 amide bonds. The molecule has 1 aliphatic heterocycles. The average Bonchev–Trinajstić information content (AvgIpc) is 2.66. The number of nitrogens with zero attached hydrogens (tertiary/aromatic N) is 2. The standard InChI is InChI=1S/C19H26N4O6/c1-12(2)29-17(24)10-15(14-7-3-4-8-16(14)23(27)28)21-18(25)13-6-5-9-22(11-13)19(20)26/h3-4,7-8,12-13,15H,5-6,9-11H2,1-2H3,(H2,20,26)(H,21,25)/t13-,15+/m1/s1. The molecule has 1 heterocycles. The fourth-order valence-corrected chi connectivity index (χ4v) is 3.35. The molecule has 1 aromatic carbocycles. The number of ether oxygens (including phenoxy) is 1. The van der Waals surface area contributed by atoms with Crippen LogP contribution in [0.3, 0.4) is 0 Å². The van der Waals surface area contributed by atoms with Gasteiger partial charge in [0.2, 0.25) is 5.91 Å². The molecule has 1 aliphatic rings. The summed E-state index contributed by atoms with van der Waals surface area (Å²) in [6, 6.07) is 4.40. The van der Waals surface area contributed by atoms with E-state index in [0.29, 0.717) is 19.4 Å². The number of carbonyl (C=O) groups is 3. The Bertz CT molecular complexity index is 782. The Balaban J connectivity index is 2.23. The maximum absolute atomic E-state index is 12.8. The fourth-order valence-electron chi connectivity index (χ4n) is 3.35. The van der Waals surface area contributed by atoms with Crippen LogP contribution in [0, 0.1) is 16.0 Å². The van der Waals surface area contributed by atoms with Crippen molar-refractivity contribution in [3.63, 3.8) is 0 Å².